The molecule has 1 aromatic carbocycles. The molecule has 0 saturated carbocycles. The van der Waals surface area contributed by atoms with Gasteiger partial charge in [0.15, 0.2) is 0 Å². The molecule has 0 radical (unpaired) electrons. The van der Waals surface area contributed by atoms with Crippen LogP contribution in [0.5, 0.6) is 0 Å². The molecule has 2 nitrogen and oxygen atoms in total. The van der Waals surface area contributed by atoms with Crippen LogP contribution < -0.4 is 5.73 Å². The summed E-state index contributed by atoms with van der Waals surface area (Å²) in [5.41, 5.74) is 7.35. The SMILES string of the molecule is CCC(CC)(C(N)c1ccc(Cl)cc1Cl)N(C)C. The Morgan fingerprint density at radius 2 is 1.78 bits per heavy atom. The zero-order chi connectivity index (χ0) is 13.9. The number of nitrogens with two attached hydrogens (primary N) is 1. The number of rotatable bonds is 5. The molecule has 0 saturated heterocycles. The van der Waals surface area contributed by atoms with Crippen LogP contribution in [0.1, 0.15) is 38.3 Å². The summed E-state index contributed by atoms with van der Waals surface area (Å²) in [7, 11) is 4.13. The summed E-state index contributed by atoms with van der Waals surface area (Å²) in [4.78, 5) is 2.20. The Hall–Kier alpha value is -0.280. The molecular formula is C14H22Cl2N2. The van der Waals surface area contributed by atoms with Crippen LogP contribution in [-0.2, 0) is 0 Å². The predicted octanol–water partition coefficient (Wildman–Crippen LogP) is 4.11. The number of benzene rings is 1. The van der Waals surface area contributed by atoms with Crippen LogP contribution in [0.3, 0.4) is 0 Å². The van der Waals surface area contributed by atoms with Gasteiger partial charge < -0.3 is 10.6 Å². The summed E-state index contributed by atoms with van der Waals surface area (Å²) in [5.74, 6) is 0. The van der Waals surface area contributed by atoms with Gasteiger partial charge in [-0.05, 0) is 44.6 Å². The maximum atomic E-state index is 6.48. The summed E-state index contributed by atoms with van der Waals surface area (Å²) in [5, 5.41) is 1.28. The van der Waals surface area contributed by atoms with Crippen LogP contribution in [0.2, 0.25) is 10.0 Å². The van der Waals surface area contributed by atoms with Gasteiger partial charge in [0.2, 0.25) is 0 Å². The van der Waals surface area contributed by atoms with Gasteiger partial charge in [-0.2, -0.15) is 0 Å². The zero-order valence-electron chi connectivity index (χ0n) is 11.5. The van der Waals surface area contributed by atoms with E-state index in [2.05, 4.69) is 32.8 Å². The first-order valence-corrected chi connectivity index (χ1v) is 7.02. The Bertz CT molecular complexity index is 401. The highest BCUT2D eigenvalue weighted by Crippen LogP contribution is 2.37. The smallest absolute Gasteiger partial charge is 0.0496 e. The second kappa shape index (κ2) is 6.25. The third-order valence-corrected chi connectivity index (χ3v) is 4.55. The molecule has 0 aliphatic heterocycles. The number of halogens is 2. The Morgan fingerprint density at radius 1 is 1.22 bits per heavy atom. The van der Waals surface area contributed by atoms with Crippen molar-refractivity contribution in [2.24, 2.45) is 5.73 Å². The minimum atomic E-state index is -0.132. The van der Waals surface area contributed by atoms with E-state index in [4.69, 9.17) is 28.9 Å². The van der Waals surface area contributed by atoms with Crippen LogP contribution in [0, 0.1) is 0 Å². The van der Waals surface area contributed by atoms with E-state index in [1.165, 1.54) is 0 Å². The summed E-state index contributed by atoms with van der Waals surface area (Å²) >= 11 is 12.2. The molecule has 4 heteroatoms. The average molecular weight is 289 g/mol. The third-order valence-electron chi connectivity index (χ3n) is 3.99. The molecule has 0 amide bonds. The fraction of sp³-hybridized carbons (Fsp3) is 0.571. The molecule has 0 bridgehead atoms. The van der Waals surface area contributed by atoms with Crippen molar-refractivity contribution in [3.05, 3.63) is 33.8 Å². The van der Waals surface area contributed by atoms with E-state index in [1.54, 1.807) is 6.07 Å². The van der Waals surface area contributed by atoms with E-state index in [-0.39, 0.29) is 11.6 Å². The standard InChI is InChI=1S/C14H22Cl2N2/c1-5-14(6-2,18(3)4)13(17)11-8-7-10(15)9-12(11)16/h7-9,13H,5-6,17H2,1-4H3. The molecule has 1 rings (SSSR count). The molecule has 1 atom stereocenters. The van der Waals surface area contributed by atoms with Crippen molar-refractivity contribution >= 4 is 23.2 Å². The van der Waals surface area contributed by atoms with Gasteiger partial charge >= 0.3 is 0 Å². The lowest BCUT2D eigenvalue weighted by Gasteiger charge is -2.44. The molecule has 0 aliphatic carbocycles. The van der Waals surface area contributed by atoms with Crippen molar-refractivity contribution in [2.45, 2.75) is 38.3 Å². The van der Waals surface area contributed by atoms with Crippen molar-refractivity contribution < 1.29 is 0 Å². The third kappa shape index (κ3) is 2.83. The lowest BCUT2D eigenvalue weighted by molar-refractivity contribution is 0.106. The van der Waals surface area contributed by atoms with E-state index < -0.39 is 0 Å². The van der Waals surface area contributed by atoms with E-state index >= 15 is 0 Å². The lowest BCUT2D eigenvalue weighted by Crippen LogP contribution is -2.51. The minimum absolute atomic E-state index is 0.0858. The van der Waals surface area contributed by atoms with Crippen LogP contribution in [0.15, 0.2) is 18.2 Å². The number of likely N-dealkylation sites (N-methyl/N-ethyl adjacent to an activating group) is 1. The van der Waals surface area contributed by atoms with Crippen LogP contribution in [-0.4, -0.2) is 24.5 Å². The van der Waals surface area contributed by atoms with E-state index in [1.807, 2.05) is 12.1 Å². The van der Waals surface area contributed by atoms with Gasteiger partial charge in [0.25, 0.3) is 0 Å². The summed E-state index contributed by atoms with van der Waals surface area (Å²) < 4.78 is 0. The molecule has 0 fully saturated rings. The number of hydrogen-bond donors (Lipinski definition) is 1. The number of nitrogens with zero attached hydrogens (tertiary/aromatic N) is 1. The second-order valence-electron chi connectivity index (χ2n) is 4.85. The van der Waals surface area contributed by atoms with Crippen molar-refractivity contribution in [2.75, 3.05) is 14.1 Å². The monoisotopic (exact) mass is 288 g/mol. The first-order valence-electron chi connectivity index (χ1n) is 6.27. The molecule has 0 aromatic heterocycles. The van der Waals surface area contributed by atoms with Crippen LogP contribution >= 0.6 is 23.2 Å². The Kier molecular flexibility index (Phi) is 5.47. The van der Waals surface area contributed by atoms with Crippen LogP contribution in [0.25, 0.3) is 0 Å². The molecule has 0 spiro atoms. The average Bonchev–Trinajstić information content (AvgIpc) is 2.30. The van der Waals surface area contributed by atoms with E-state index in [9.17, 15) is 0 Å². The summed E-state index contributed by atoms with van der Waals surface area (Å²) in [6, 6.07) is 5.39. The fourth-order valence-electron chi connectivity index (χ4n) is 2.64. The molecule has 1 aromatic rings. The highest BCUT2D eigenvalue weighted by Gasteiger charge is 2.37. The van der Waals surface area contributed by atoms with Gasteiger partial charge in [-0.25, -0.2) is 0 Å². The van der Waals surface area contributed by atoms with E-state index in [0.717, 1.165) is 18.4 Å². The first-order chi connectivity index (χ1) is 8.39. The molecule has 1 unspecified atom stereocenters. The van der Waals surface area contributed by atoms with Gasteiger partial charge in [0, 0.05) is 21.6 Å². The van der Waals surface area contributed by atoms with Crippen molar-refractivity contribution in [1.82, 2.24) is 4.90 Å². The molecule has 0 heterocycles. The Labute approximate surface area is 120 Å². The molecule has 102 valence electrons. The van der Waals surface area contributed by atoms with Gasteiger partial charge in [0.1, 0.15) is 0 Å². The van der Waals surface area contributed by atoms with Gasteiger partial charge in [-0.1, -0.05) is 43.1 Å². The van der Waals surface area contributed by atoms with Crippen LogP contribution in [0.4, 0.5) is 0 Å². The molecule has 18 heavy (non-hydrogen) atoms. The molecular weight excluding hydrogens is 267 g/mol. The number of hydrogen-bond acceptors (Lipinski definition) is 2. The van der Waals surface area contributed by atoms with Gasteiger partial charge in [0.05, 0.1) is 0 Å². The maximum absolute atomic E-state index is 6.48. The topological polar surface area (TPSA) is 29.3 Å². The van der Waals surface area contributed by atoms with Crippen molar-refractivity contribution in [1.29, 1.82) is 0 Å². The van der Waals surface area contributed by atoms with Gasteiger partial charge in [-0.3, -0.25) is 0 Å². The molecule has 0 aliphatic rings. The molecule has 2 N–H and O–H groups in total. The normalized spacial score (nSPS) is 14.0. The minimum Gasteiger partial charge on any atom is -0.322 e. The van der Waals surface area contributed by atoms with Crippen molar-refractivity contribution in [3.8, 4) is 0 Å². The first kappa shape index (κ1) is 15.8. The second-order valence-corrected chi connectivity index (χ2v) is 5.69. The Balaban J connectivity index is 3.21. The largest absolute Gasteiger partial charge is 0.322 e. The van der Waals surface area contributed by atoms with E-state index in [0.29, 0.717) is 10.0 Å². The zero-order valence-corrected chi connectivity index (χ0v) is 13.0. The predicted molar refractivity (Wildman–Crippen MR) is 80.4 cm³/mol. The maximum Gasteiger partial charge on any atom is 0.0496 e. The van der Waals surface area contributed by atoms with Gasteiger partial charge in [-0.15, -0.1) is 0 Å². The van der Waals surface area contributed by atoms with Crippen molar-refractivity contribution in [3.63, 3.8) is 0 Å². The Morgan fingerprint density at radius 3 is 2.17 bits per heavy atom. The summed E-state index contributed by atoms with van der Waals surface area (Å²) in [6.45, 7) is 4.32. The fourth-order valence-corrected chi connectivity index (χ4v) is 3.17. The lowest BCUT2D eigenvalue weighted by atomic mass is 9.80. The summed E-state index contributed by atoms with van der Waals surface area (Å²) in [6.07, 6.45) is 1.94. The quantitative estimate of drug-likeness (QED) is 0.883. The highest BCUT2D eigenvalue weighted by atomic mass is 35.5. The highest BCUT2D eigenvalue weighted by molar-refractivity contribution is 6.35.